The van der Waals surface area contributed by atoms with Crippen LogP contribution in [-0.4, -0.2) is 29.3 Å². The first-order chi connectivity index (χ1) is 17.4. The van der Waals surface area contributed by atoms with E-state index in [9.17, 15) is 18.8 Å². The van der Waals surface area contributed by atoms with Gasteiger partial charge in [-0.05, 0) is 48.4 Å². The summed E-state index contributed by atoms with van der Waals surface area (Å²) < 4.78 is 20.5. The summed E-state index contributed by atoms with van der Waals surface area (Å²) in [5.74, 6) is -1.12. The summed E-state index contributed by atoms with van der Waals surface area (Å²) in [6, 6.07) is 18.0. The lowest BCUT2D eigenvalue weighted by molar-refractivity contribution is -0.127. The van der Waals surface area contributed by atoms with Crippen molar-refractivity contribution in [1.29, 1.82) is 0 Å². The van der Waals surface area contributed by atoms with Crippen molar-refractivity contribution in [3.8, 4) is 5.75 Å². The van der Waals surface area contributed by atoms with E-state index in [1.807, 2.05) is 19.1 Å². The Kier molecular flexibility index (Phi) is 7.80. The van der Waals surface area contributed by atoms with Gasteiger partial charge in [-0.2, -0.15) is 0 Å². The number of amides is 4. The van der Waals surface area contributed by atoms with E-state index in [0.29, 0.717) is 22.6 Å². The summed E-state index contributed by atoms with van der Waals surface area (Å²) in [5, 5.41) is 5.27. The first kappa shape index (κ1) is 25.1. The Labute approximate surface area is 216 Å². The van der Waals surface area contributed by atoms with E-state index in [2.05, 4.69) is 26.6 Å². The number of imide groups is 1. The number of hydrogen-bond acceptors (Lipinski definition) is 4. The zero-order valence-electron chi connectivity index (χ0n) is 19.4. The topological polar surface area (TPSA) is 87.7 Å². The molecule has 4 amide bonds. The molecule has 0 aromatic heterocycles. The summed E-state index contributed by atoms with van der Waals surface area (Å²) in [6.45, 7) is 1.52. The molecule has 36 heavy (non-hydrogen) atoms. The molecule has 0 saturated carbocycles. The molecule has 0 unspecified atom stereocenters. The zero-order valence-corrected chi connectivity index (χ0v) is 21.0. The summed E-state index contributed by atoms with van der Waals surface area (Å²) >= 11 is 3.39. The second-order valence-corrected chi connectivity index (χ2v) is 8.92. The first-order valence-corrected chi connectivity index (χ1v) is 12.0. The van der Waals surface area contributed by atoms with Crippen molar-refractivity contribution < 1.29 is 23.5 Å². The third-order valence-corrected chi connectivity index (χ3v) is 6.04. The number of hydrogen-bond donors (Lipinski definition) is 2. The molecule has 0 bridgehead atoms. The molecule has 1 saturated heterocycles. The van der Waals surface area contributed by atoms with Gasteiger partial charge in [-0.25, -0.2) is 14.1 Å². The smallest absolute Gasteiger partial charge is 0.329 e. The van der Waals surface area contributed by atoms with Gasteiger partial charge in [0.2, 0.25) is 5.91 Å². The Hall–Kier alpha value is -3.98. The molecule has 1 aliphatic rings. The van der Waals surface area contributed by atoms with Crippen LogP contribution in [-0.2, 0) is 22.6 Å². The molecule has 0 radical (unpaired) electrons. The molecule has 3 aromatic rings. The highest BCUT2D eigenvalue weighted by molar-refractivity contribution is 9.10. The fourth-order valence-corrected chi connectivity index (χ4v) is 4.07. The highest BCUT2D eigenvalue weighted by Gasteiger charge is 2.35. The lowest BCUT2D eigenvalue weighted by atomic mass is 10.1. The van der Waals surface area contributed by atoms with Crippen molar-refractivity contribution in [2.75, 3.05) is 11.9 Å². The average molecular weight is 552 g/mol. The number of nitrogens with zero attached hydrogens (tertiary/aromatic N) is 1. The third kappa shape index (κ3) is 5.80. The van der Waals surface area contributed by atoms with E-state index >= 15 is 0 Å². The van der Waals surface area contributed by atoms with Crippen LogP contribution in [0.25, 0.3) is 6.08 Å². The van der Waals surface area contributed by atoms with E-state index in [4.69, 9.17) is 4.74 Å². The standard InChI is InChI=1S/C27H23BrFN3O4/c1-2-17-7-4-6-10-22(17)30-25(33)15-32-26(34)23(31-27(32)35)14-19-13-20(28)11-12-24(19)36-16-18-8-3-5-9-21(18)29/h3-14H,2,15-16H2,1H3,(H,30,33)(H,31,35)/b23-14+. The largest absolute Gasteiger partial charge is 0.488 e. The zero-order chi connectivity index (χ0) is 25.7. The molecule has 0 spiro atoms. The number of urea groups is 1. The van der Waals surface area contributed by atoms with Gasteiger partial charge >= 0.3 is 6.03 Å². The maximum absolute atomic E-state index is 14.0. The normalized spacial score (nSPS) is 14.2. The van der Waals surface area contributed by atoms with Crippen molar-refractivity contribution in [1.82, 2.24) is 10.2 Å². The highest BCUT2D eigenvalue weighted by Crippen LogP contribution is 2.28. The van der Waals surface area contributed by atoms with Crippen LogP contribution < -0.4 is 15.4 Å². The Morgan fingerprint density at radius 3 is 2.56 bits per heavy atom. The molecule has 4 rings (SSSR count). The predicted molar refractivity (Wildman–Crippen MR) is 138 cm³/mol. The summed E-state index contributed by atoms with van der Waals surface area (Å²) in [6.07, 6.45) is 2.19. The van der Waals surface area contributed by atoms with E-state index in [-0.39, 0.29) is 18.1 Å². The molecular weight excluding hydrogens is 529 g/mol. The first-order valence-electron chi connectivity index (χ1n) is 11.2. The van der Waals surface area contributed by atoms with E-state index in [1.54, 1.807) is 48.5 Å². The average Bonchev–Trinajstić information content (AvgIpc) is 3.12. The van der Waals surface area contributed by atoms with Crippen LogP contribution in [0.2, 0.25) is 0 Å². The van der Waals surface area contributed by atoms with Crippen LogP contribution in [0.5, 0.6) is 5.75 Å². The van der Waals surface area contributed by atoms with Gasteiger partial charge in [-0.1, -0.05) is 59.3 Å². The minimum Gasteiger partial charge on any atom is -0.488 e. The molecular formula is C27H23BrFN3O4. The van der Waals surface area contributed by atoms with Crippen LogP contribution in [0.15, 0.2) is 76.9 Å². The molecule has 1 aliphatic heterocycles. The van der Waals surface area contributed by atoms with Gasteiger partial charge < -0.3 is 15.4 Å². The second kappa shape index (κ2) is 11.2. The quantitative estimate of drug-likeness (QED) is 0.295. The Morgan fingerprint density at radius 1 is 1.08 bits per heavy atom. The van der Waals surface area contributed by atoms with Crippen molar-refractivity contribution in [3.05, 3.63) is 99.4 Å². The van der Waals surface area contributed by atoms with E-state index in [0.717, 1.165) is 21.4 Å². The van der Waals surface area contributed by atoms with E-state index < -0.39 is 24.4 Å². The van der Waals surface area contributed by atoms with Crippen molar-refractivity contribution >= 4 is 45.5 Å². The lowest BCUT2D eigenvalue weighted by Gasteiger charge is -2.14. The Morgan fingerprint density at radius 2 is 1.81 bits per heavy atom. The van der Waals surface area contributed by atoms with Gasteiger partial charge in [0.1, 0.15) is 30.4 Å². The molecule has 0 aliphatic carbocycles. The molecule has 2 N–H and O–H groups in total. The van der Waals surface area contributed by atoms with Gasteiger partial charge in [-0.15, -0.1) is 0 Å². The molecule has 7 nitrogen and oxygen atoms in total. The van der Waals surface area contributed by atoms with E-state index in [1.165, 1.54) is 12.1 Å². The number of nitrogens with one attached hydrogen (secondary N) is 2. The Balaban J connectivity index is 1.49. The van der Waals surface area contributed by atoms with Gasteiger partial charge in [0.25, 0.3) is 5.91 Å². The number of para-hydroxylation sites is 1. The number of carbonyl (C=O) groups excluding carboxylic acids is 3. The van der Waals surface area contributed by atoms with Crippen molar-refractivity contribution in [3.63, 3.8) is 0 Å². The second-order valence-electron chi connectivity index (χ2n) is 8.00. The predicted octanol–water partition coefficient (Wildman–Crippen LogP) is 5.26. The van der Waals surface area contributed by atoms with Crippen molar-refractivity contribution in [2.45, 2.75) is 20.0 Å². The minimum absolute atomic E-state index is 0.00407. The number of halogens is 2. The Bertz CT molecular complexity index is 1360. The summed E-state index contributed by atoms with van der Waals surface area (Å²) in [5.41, 5.74) is 2.45. The van der Waals surface area contributed by atoms with Gasteiger partial charge in [0.05, 0.1) is 0 Å². The number of rotatable bonds is 8. The van der Waals surface area contributed by atoms with Crippen LogP contribution in [0.1, 0.15) is 23.6 Å². The lowest BCUT2D eigenvalue weighted by Crippen LogP contribution is -2.38. The summed E-state index contributed by atoms with van der Waals surface area (Å²) in [7, 11) is 0. The highest BCUT2D eigenvalue weighted by atomic mass is 79.9. The maximum Gasteiger partial charge on any atom is 0.329 e. The molecule has 1 heterocycles. The molecule has 0 atom stereocenters. The fourth-order valence-electron chi connectivity index (χ4n) is 3.69. The molecule has 1 fully saturated rings. The monoisotopic (exact) mass is 551 g/mol. The van der Waals surface area contributed by atoms with Crippen LogP contribution in [0.3, 0.4) is 0 Å². The van der Waals surface area contributed by atoms with Gasteiger partial charge in [0, 0.05) is 21.3 Å². The number of carbonyl (C=O) groups is 3. The molecule has 3 aromatic carbocycles. The minimum atomic E-state index is -0.700. The van der Waals surface area contributed by atoms with Crippen LogP contribution in [0, 0.1) is 5.82 Å². The summed E-state index contributed by atoms with van der Waals surface area (Å²) in [4.78, 5) is 38.8. The van der Waals surface area contributed by atoms with Gasteiger partial charge in [-0.3, -0.25) is 9.59 Å². The van der Waals surface area contributed by atoms with Crippen molar-refractivity contribution in [2.24, 2.45) is 0 Å². The number of anilines is 1. The third-order valence-electron chi connectivity index (χ3n) is 5.55. The number of aryl methyl sites for hydroxylation is 1. The van der Waals surface area contributed by atoms with Gasteiger partial charge in [0.15, 0.2) is 0 Å². The van der Waals surface area contributed by atoms with Crippen LogP contribution in [0.4, 0.5) is 14.9 Å². The fraction of sp³-hybridized carbons (Fsp3) is 0.148. The SMILES string of the molecule is CCc1ccccc1NC(=O)CN1C(=O)N/C(=C/c2cc(Br)ccc2OCc2ccccc2F)C1=O. The molecule has 184 valence electrons. The number of ether oxygens (including phenoxy) is 1. The molecule has 9 heteroatoms. The number of benzene rings is 3. The van der Waals surface area contributed by atoms with Crippen LogP contribution >= 0.6 is 15.9 Å². The maximum atomic E-state index is 14.0.